The molecule has 3 aromatic heterocycles. The molecule has 0 amide bonds. The Hall–Kier alpha value is -3.00. The van der Waals surface area contributed by atoms with Gasteiger partial charge in [-0.2, -0.15) is 0 Å². The van der Waals surface area contributed by atoms with Crippen molar-refractivity contribution in [3.05, 3.63) is 71.2 Å². The monoisotopic (exact) mass is 402 g/mol. The first-order valence-electron chi connectivity index (χ1n) is 9.53. The van der Waals surface area contributed by atoms with Crippen molar-refractivity contribution in [1.82, 2.24) is 20.4 Å². The number of hydrazine groups is 2. The van der Waals surface area contributed by atoms with Crippen molar-refractivity contribution in [3.63, 3.8) is 0 Å². The Kier molecular flexibility index (Phi) is 4.63. The summed E-state index contributed by atoms with van der Waals surface area (Å²) in [4.78, 5) is 14.0. The van der Waals surface area contributed by atoms with Crippen LogP contribution in [0.2, 0.25) is 0 Å². The molecule has 0 unspecified atom stereocenters. The normalized spacial score (nSPS) is 13.1. The lowest BCUT2D eigenvalue weighted by Crippen LogP contribution is -2.35. The molecular formula is C22H22N6S. The zero-order chi connectivity index (χ0) is 19.8. The zero-order valence-corrected chi connectivity index (χ0v) is 17.2. The Morgan fingerprint density at radius 3 is 2.90 bits per heavy atom. The highest BCUT2D eigenvalue weighted by molar-refractivity contribution is 7.15. The minimum absolute atomic E-state index is 0.706. The maximum atomic E-state index is 4.94. The summed E-state index contributed by atoms with van der Waals surface area (Å²) < 4.78 is 0. The molecule has 5 rings (SSSR count). The van der Waals surface area contributed by atoms with Crippen LogP contribution >= 0.6 is 11.3 Å². The number of benzene rings is 1. The Balaban J connectivity index is 1.41. The second-order valence-corrected chi connectivity index (χ2v) is 8.59. The Labute approximate surface area is 173 Å². The number of anilines is 2. The molecule has 4 heterocycles. The fourth-order valence-corrected chi connectivity index (χ4v) is 4.60. The highest BCUT2D eigenvalue weighted by Gasteiger charge is 2.21. The van der Waals surface area contributed by atoms with E-state index < -0.39 is 0 Å². The highest BCUT2D eigenvalue weighted by atomic mass is 32.1. The molecule has 1 aromatic carbocycles. The van der Waals surface area contributed by atoms with E-state index in [0.717, 1.165) is 34.6 Å². The van der Waals surface area contributed by atoms with Crippen molar-refractivity contribution >= 4 is 33.7 Å². The van der Waals surface area contributed by atoms with Gasteiger partial charge in [-0.3, -0.25) is 9.99 Å². The van der Waals surface area contributed by atoms with Crippen LogP contribution in [0.3, 0.4) is 0 Å². The molecule has 7 heteroatoms. The molecule has 0 saturated heterocycles. The van der Waals surface area contributed by atoms with E-state index in [1.165, 1.54) is 15.3 Å². The van der Waals surface area contributed by atoms with E-state index >= 15 is 0 Å². The summed E-state index contributed by atoms with van der Waals surface area (Å²) in [6.07, 6.45) is 1.82. The van der Waals surface area contributed by atoms with Crippen LogP contribution < -0.4 is 16.0 Å². The number of thiophene rings is 1. The van der Waals surface area contributed by atoms with E-state index in [1.807, 2.05) is 17.3 Å². The molecule has 0 radical (unpaired) electrons. The van der Waals surface area contributed by atoms with Gasteiger partial charge in [-0.05, 0) is 62.1 Å². The van der Waals surface area contributed by atoms with Crippen molar-refractivity contribution < 1.29 is 0 Å². The number of nitrogens with one attached hydrogen (secondary N) is 2. The Bertz CT molecular complexity index is 1170. The van der Waals surface area contributed by atoms with Gasteiger partial charge in [-0.25, -0.2) is 4.98 Å². The van der Waals surface area contributed by atoms with E-state index in [9.17, 15) is 0 Å². The maximum absolute atomic E-state index is 4.94. The van der Waals surface area contributed by atoms with Gasteiger partial charge >= 0.3 is 0 Å². The third kappa shape index (κ3) is 3.67. The number of aromatic nitrogens is 2. The SMILES string of the molecule is CN(C)Cc1ccc(-c2ccc3c(n2)N(Cc2ccc4ncccc4c2)NN3)s1. The zero-order valence-electron chi connectivity index (χ0n) is 16.4. The summed E-state index contributed by atoms with van der Waals surface area (Å²) in [5.74, 6) is 0.913. The topological polar surface area (TPSA) is 56.3 Å². The predicted octanol–water partition coefficient (Wildman–Crippen LogP) is 4.27. The molecule has 1 aliphatic heterocycles. The van der Waals surface area contributed by atoms with Gasteiger partial charge in [0.15, 0.2) is 5.82 Å². The standard InChI is InChI=1S/C22H22N6S/c1-27(2)14-17-6-10-21(29-17)19-8-9-20-22(24-19)28(26-25-20)13-15-5-7-18-16(12-15)4-3-11-23-18/h3-12,25-26H,13-14H2,1-2H3. The largest absolute Gasteiger partial charge is 0.304 e. The van der Waals surface area contributed by atoms with Crippen molar-refractivity contribution in [2.75, 3.05) is 24.5 Å². The lowest BCUT2D eigenvalue weighted by Gasteiger charge is -2.17. The van der Waals surface area contributed by atoms with Gasteiger partial charge in [0.25, 0.3) is 0 Å². The molecule has 1 aliphatic rings. The van der Waals surface area contributed by atoms with Crippen molar-refractivity contribution in [1.29, 1.82) is 0 Å². The molecule has 0 aliphatic carbocycles. The predicted molar refractivity (Wildman–Crippen MR) is 120 cm³/mol. The van der Waals surface area contributed by atoms with Gasteiger partial charge in [0.05, 0.1) is 28.3 Å². The van der Waals surface area contributed by atoms with Gasteiger partial charge in [0, 0.05) is 23.0 Å². The van der Waals surface area contributed by atoms with Crippen LogP contribution in [-0.2, 0) is 13.1 Å². The average Bonchev–Trinajstić information content (AvgIpc) is 3.34. The molecule has 29 heavy (non-hydrogen) atoms. The van der Waals surface area contributed by atoms with Gasteiger partial charge in [-0.1, -0.05) is 12.1 Å². The van der Waals surface area contributed by atoms with E-state index in [1.54, 1.807) is 11.3 Å². The van der Waals surface area contributed by atoms with Gasteiger partial charge in [0.1, 0.15) is 0 Å². The fourth-order valence-electron chi connectivity index (χ4n) is 3.50. The molecule has 0 spiro atoms. The second-order valence-electron chi connectivity index (χ2n) is 7.42. The molecule has 6 nitrogen and oxygen atoms in total. The van der Waals surface area contributed by atoms with Crippen LogP contribution in [0.15, 0.2) is 60.8 Å². The fraction of sp³-hybridized carbons (Fsp3) is 0.182. The third-order valence-corrected chi connectivity index (χ3v) is 5.94. The minimum atomic E-state index is 0.706. The average molecular weight is 403 g/mol. The van der Waals surface area contributed by atoms with Crippen LogP contribution in [0.1, 0.15) is 10.4 Å². The van der Waals surface area contributed by atoms with Gasteiger partial charge in [-0.15, -0.1) is 16.9 Å². The van der Waals surface area contributed by atoms with Gasteiger partial charge < -0.3 is 10.3 Å². The van der Waals surface area contributed by atoms with Crippen LogP contribution in [-0.4, -0.2) is 29.0 Å². The van der Waals surface area contributed by atoms with Crippen LogP contribution in [0.5, 0.6) is 0 Å². The summed E-state index contributed by atoms with van der Waals surface area (Å²) in [5, 5.41) is 3.19. The van der Waals surface area contributed by atoms with Crippen LogP contribution in [0.4, 0.5) is 11.5 Å². The molecule has 0 saturated carbocycles. The number of hydrogen-bond donors (Lipinski definition) is 2. The second kappa shape index (κ2) is 7.44. The maximum Gasteiger partial charge on any atom is 0.170 e. The smallest absolute Gasteiger partial charge is 0.170 e. The summed E-state index contributed by atoms with van der Waals surface area (Å²) in [6.45, 7) is 1.65. The summed E-state index contributed by atoms with van der Waals surface area (Å²) in [5.41, 5.74) is 10.6. The van der Waals surface area contributed by atoms with Gasteiger partial charge in [0.2, 0.25) is 0 Å². The number of fused-ring (bicyclic) bond motifs is 2. The number of nitrogens with zero attached hydrogens (tertiary/aromatic N) is 4. The van der Waals surface area contributed by atoms with Crippen molar-refractivity contribution in [2.45, 2.75) is 13.1 Å². The molecule has 146 valence electrons. The molecular weight excluding hydrogens is 380 g/mol. The van der Waals surface area contributed by atoms with Crippen molar-refractivity contribution in [2.24, 2.45) is 0 Å². The van der Waals surface area contributed by atoms with E-state index in [2.05, 4.69) is 83.5 Å². The molecule has 0 fully saturated rings. The first kappa shape index (κ1) is 18.1. The van der Waals surface area contributed by atoms with E-state index in [4.69, 9.17) is 4.98 Å². The Morgan fingerprint density at radius 2 is 2.00 bits per heavy atom. The van der Waals surface area contributed by atoms with Crippen LogP contribution in [0.25, 0.3) is 21.5 Å². The number of pyridine rings is 2. The quantitative estimate of drug-likeness (QED) is 0.520. The number of rotatable bonds is 5. The highest BCUT2D eigenvalue weighted by Crippen LogP contribution is 2.34. The summed E-state index contributed by atoms with van der Waals surface area (Å²) in [6, 6.07) is 18.9. The number of hydrogen-bond acceptors (Lipinski definition) is 7. The van der Waals surface area contributed by atoms with E-state index in [0.29, 0.717) is 6.54 Å². The third-order valence-electron chi connectivity index (χ3n) is 4.85. The first-order valence-corrected chi connectivity index (χ1v) is 10.3. The first-order chi connectivity index (χ1) is 14.2. The lowest BCUT2D eigenvalue weighted by molar-refractivity contribution is 0.406. The summed E-state index contributed by atoms with van der Waals surface area (Å²) >= 11 is 1.80. The van der Waals surface area contributed by atoms with Crippen LogP contribution in [0, 0.1) is 0 Å². The lowest BCUT2D eigenvalue weighted by atomic mass is 10.1. The molecule has 2 N–H and O–H groups in total. The molecule has 0 atom stereocenters. The van der Waals surface area contributed by atoms with E-state index in [-0.39, 0.29) is 0 Å². The summed E-state index contributed by atoms with van der Waals surface area (Å²) in [7, 11) is 4.18. The minimum Gasteiger partial charge on any atom is -0.304 e. The molecule has 0 bridgehead atoms. The Morgan fingerprint density at radius 1 is 1.07 bits per heavy atom. The molecule has 4 aromatic rings. The van der Waals surface area contributed by atoms with Crippen molar-refractivity contribution in [3.8, 4) is 10.6 Å².